The predicted molar refractivity (Wildman–Crippen MR) is 85.6 cm³/mol. The Morgan fingerprint density at radius 3 is 2.38 bits per heavy atom. The van der Waals surface area contributed by atoms with Crippen molar-refractivity contribution in [2.45, 2.75) is 19.9 Å². The van der Waals surface area contributed by atoms with Crippen LogP contribution in [-0.4, -0.2) is 17.6 Å². The predicted octanol–water partition coefficient (Wildman–Crippen LogP) is 3.38. The Morgan fingerprint density at radius 2 is 1.81 bits per heavy atom. The van der Waals surface area contributed by atoms with Gasteiger partial charge >= 0.3 is 5.97 Å². The van der Waals surface area contributed by atoms with Crippen LogP contribution in [0.25, 0.3) is 0 Å². The number of hydrogen-bond donors (Lipinski definition) is 2. The summed E-state index contributed by atoms with van der Waals surface area (Å²) in [6.45, 7) is 3.73. The highest BCUT2D eigenvalue weighted by Gasteiger charge is 2.10. The first kappa shape index (κ1) is 14.9. The van der Waals surface area contributed by atoms with E-state index in [4.69, 9.17) is 10.8 Å². The molecule has 110 valence electrons. The van der Waals surface area contributed by atoms with Gasteiger partial charge in [-0.25, -0.2) is 4.79 Å². The number of carboxylic acids is 1. The number of benzene rings is 2. The second-order valence-electron chi connectivity index (χ2n) is 4.98. The molecule has 2 rings (SSSR count). The lowest BCUT2D eigenvalue weighted by Gasteiger charge is -2.26. The van der Waals surface area contributed by atoms with Gasteiger partial charge in [-0.1, -0.05) is 31.2 Å². The van der Waals surface area contributed by atoms with Crippen LogP contribution in [0.1, 0.15) is 29.3 Å². The van der Waals surface area contributed by atoms with Gasteiger partial charge in [0.2, 0.25) is 0 Å². The molecule has 0 radical (unpaired) electrons. The molecule has 0 fully saturated rings. The second-order valence-corrected chi connectivity index (χ2v) is 4.98. The quantitative estimate of drug-likeness (QED) is 0.798. The van der Waals surface area contributed by atoms with E-state index in [1.54, 1.807) is 12.1 Å². The Balaban J connectivity index is 2.20. The summed E-state index contributed by atoms with van der Waals surface area (Å²) in [5.74, 6) is -0.903. The average molecular weight is 284 g/mol. The minimum absolute atomic E-state index is 0.306. The summed E-state index contributed by atoms with van der Waals surface area (Å²) >= 11 is 0. The summed E-state index contributed by atoms with van der Waals surface area (Å²) in [7, 11) is 0. The molecule has 0 aliphatic heterocycles. The number of rotatable bonds is 6. The molecule has 2 aromatic rings. The van der Waals surface area contributed by atoms with Gasteiger partial charge in [0.1, 0.15) is 0 Å². The maximum atomic E-state index is 10.9. The lowest BCUT2D eigenvalue weighted by Crippen LogP contribution is -2.24. The molecule has 0 unspecified atom stereocenters. The van der Waals surface area contributed by atoms with Crippen molar-refractivity contribution in [3.63, 3.8) is 0 Å². The van der Waals surface area contributed by atoms with Gasteiger partial charge < -0.3 is 15.7 Å². The van der Waals surface area contributed by atoms with E-state index in [0.29, 0.717) is 12.1 Å². The van der Waals surface area contributed by atoms with Gasteiger partial charge in [-0.05, 0) is 36.2 Å². The first-order valence-electron chi connectivity index (χ1n) is 7.03. The van der Waals surface area contributed by atoms with Gasteiger partial charge in [-0.3, -0.25) is 0 Å². The van der Waals surface area contributed by atoms with Crippen LogP contribution in [0.2, 0.25) is 0 Å². The molecule has 0 aromatic heterocycles. The van der Waals surface area contributed by atoms with Crippen molar-refractivity contribution in [1.82, 2.24) is 0 Å². The third-order valence-corrected chi connectivity index (χ3v) is 3.35. The first-order valence-corrected chi connectivity index (χ1v) is 7.03. The summed E-state index contributed by atoms with van der Waals surface area (Å²) in [6.07, 6.45) is 1.02. The van der Waals surface area contributed by atoms with Crippen molar-refractivity contribution in [3.05, 3.63) is 59.7 Å². The van der Waals surface area contributed by atoms with Crippen molar-refractivity contribution in [2.24, 2.45) is 0 Å². The van der Waals surface area contributed by atoms with E-state index in [9.17, 15) is 4.79 Å². The summed E-state index contributed by atoms with van der Waals surface area (Å²) in [5, 5.41) is 8.93. The van der Waals surface area contributed by atoms with Gasteiger partial charge in [0, 0.05) is 13.1 Å². The van der Waals surface area contributed by atoms with Gasteiger partial charge in [0.15, 0.2) is 0 Å². The van der Waals surface area contributed by atoms with Crippen molar-refractivity contribution in [2.75, 3.05) is 17.2 Å². The van der Waals surface area contributed by atoms with E-state index < -0.39 is 5.97 Å². The summed E-state index contributed by atoms with van der Waals surface area (Å²) < 4.78 is 0. The van der Waals surface area contributed by atoms with Crippen LogP contribution < -0.4 is 10.6 Å². The largest absolute Gasteiger partial charge is 0.478 e. The van der Waals surface area contributed by atoms with Crippen molar-refractivity contribution in [1.29, 1.82) is 0 Å². The topological polar surface area (TPSA) is 66.6 Å². The van der Waals surface area contributed by atoms with Crippen LogP contribution in [0.4, 0.5) is 11.4 Å². The fraction of sp³-hybridized carbons (Fsp3) is 0.235. The van der Waals surface area contributed by atoms with Gasteiger partial charge in [-0.2, -0.15) is 0 Å². The summed E-state index contributed by atoms with van der Waals surface area (Å²) in [5.41, 5.74) is 9.19. The molecule has 4 nitrogen and oxygen atoms in total. The Kier molecular flexibility index (Phi) is 4.82. The van der Waals surface area contributed by atoms with Crippen LogP contribution in [0.5, 0.6) is 0 Å². The smallest absolute Gasteiger partial charge is 0.335 e. The molecule has 0 saturated carbocycles. The monoisotopic (exact) mass is 284 g/mol. The van der Waals surface area contributed by atoms with Gasteiger partial charge in [0.25, 0.3) is 0 Å². The highest BCUT2D eigenvalue weighted by Crippen LogP contribution is 2.24. The summed E-state index contributed by atoms with van der Waals surface area (Å²) in [6, 6.07) is 14.8. The molecule has 0 saturated heterocycles. The maximum Gasteiger partial charge on any atom is 0.335 e. The van der Waals surface area contributed by atoms with Crippen molar-refractivity contribution >= 4 is 17.3 Å². The fourth-order valence-corrected chi connectivity index (χ4v) is 2.30. The lowest BCUT2D eigenvalue weighted by atomic mass is 10.1. The molecule has 0 aliphatic carbocycles. The number of carboxylic acid groups (broad SMARTS) is 1. The van der Waals surface area contributed by atoms with E-state index in [1.807, 2.05) is 36.4 Å². The number of carbonyl (C=O) groups is 1. The average Bonchev–Trinajstić information content (AvgIpc) is 2.48. The molecule has 0 aliphatic rings. The molecule has 0 amide bonds. The van der Waals surface area contributed by atoms with Crippen LogP contribution in [-0.2, 0) is 6.54 Å². The molecule has 0 atom stereocenters. The number of anilines is 2. The SMILES string of the molecule is CCCN(Cc1ccc(C(=O)O)cc1)c1ccccc1N. The number of nitrogen functional groups attached to an aromatic ring is 1. The van der Waals surface area contributed by atoms with E-state index >= 15 is 0 Å². The fourth-order valence-electron chi connectivity index (χ4n) is 2.30. The zero-order valence-corrected chi connectivity index (χ0v) is 12.1. The highest BCUT2D eigenvalue weighted by molar-refractivity contribution is 5.87. The van der Waals surface area contributed by atoms with E-state index in [-0.39, 0.29) is 0 Å². The summed E-state index contributed by atoms with van der Waals surface area (Å²) in [4.78, 5) is 13.1. The molecule has 0 bridgehead atoms. The molecule has 0 heterocycles. The first-order chi connectivity index (χ1) is 10.1. The highest BCUT2D eigenvalue weighted by atomic mass is 16.4. The zero-order chi connectivity index (χ0) is 15.2. The Labute approximate surface area is 124 Å². The number of aromatic carboxylic acids is 1. The number of hydrogen-bond acceptors (Lipinski definition) is 3. The number of nitrogens with zero attached hydrogens (tertiary/aromatic N) is 1. The lowest BCUT2D eigenvalue weighted by molar-refractivity contribution is 0.0697. The Bertz CT molecular complexity index is 608. The minimum Gasteiger partial charge on any atom is -0.478 e. The minimum atomic E-state index is -0.903. The standard InChI is InChI=1S/C17H20N2O2/c1-2-11-19(16-6-4-3-5-15(16)18)12-13-7-9-14(10-8-13)17(20)21/h3-10H,2,11-12,18H2,1H3,(H,20,21). The zero-order valence-electron chi connectivity index (χ0n) is 12.1. The van der Waals surface area contributed by atoms with E-state index in [1.165, 1.54) is 0 Å². The Morgan fingerprint density at radius 1 is 1.14 bits per heavy atom. The third-order valence-electron chi connectivity index (χ3n) is 3.35. The van der Waals surface area contributed by atoms with Gasteiger partial charge in [-0.15, -0.1) is 0 Å². The molecule has 0 spiro atoms. The molecule has 21 heavy (non-hydrogen) atoms. The van der Waals surface area contributed by atoms with Crippen LogP contribution in [0.15, 0.2) is 48.5 Å². The normalized spacial score (nSPS) is 10.3. The van der Waals surface area contributed by atoms with Crippen LogP contribution in [0, 0.1) is 0 Å². The molecule has 3 N–H and O–H groups in total. The van der Waals surface area contributed by atoms with Crippen molar-refractivity contribution < 1.29 is 9.90 Å². The Hall–Kier alpha value is -2.49. The number of nitrogens with two attached hydrogens (primary N) is 1. The maximum absolute atomic E-state index is 10.9. The molecular weight excluding hydrogens is 264 g/mol. The molecular formula is C17H20N2O2. The molecule has 2 aromatic carbocycles. The second kappa shape index (κ2) is 6.79. The van der Waals surface area contributed by atoms with Crippen LogP contribution in [0.3, 0.4) is 0 Å². The van der Waals surface area contributed by atoms with Crippen molar-refractivity contribution in [3.8, 4) is 0 Å². The van der Waals surface area contributed by atoms with E-state index in [0.717, 1.165) is 29.9 Å². The van der Waals surface area contributed by atoms with E-state index in [2.05, 4.69) is 11.8 Å². The van der Waals surface area contributed by atoms with Gasteiger partial charge in [0.05, 0.1) is 16.9 Å². The number of para-hydroxylation sites is 2. The van der Waals surface area contributed by atoms with Crippen LogP contribution >= 0.6 is 0 Å². The molecule has 4 heteroatoms. The third kappa shape index (κ3) is 3.75.